The number of nitrogens with two attached hydrogens (primary N) is 1. The van der Waals surface area contributed by atoms with Gasteiger partial charge in [0.05, 0.1) is 31.9 Å². The second-order valence-electron chi connectivity index (χ2n) is 17.6. The van der Waals surface area contributed by atoms with Crippen molar-refractivity contribution in [1.82, 2.24) is 0 Å². The van der Waals surface area contributed by atoms with Crippen LogP contribution in [-0.4, -0.2) is 66.1 Å². The number of hydrogen-bond donors (Lipinski definition) is 3. The fourth-order valence-corrected chi connectivity index (χ4v) is 9.70. The molecule has 21 heteroatoms. The summed E-state index contributed by atoms with van der Waals surface area (Å²) in [6.45, 7) is 4.12. The fraction of sp³-hybridized carbons (Fsp3) is 0.353. The molecule has 0 saturated heterocycles. The monoisotopic (exact) mass is 991 g/mol. The van der Waals surface area contributed by atoms with Crippen LogP contribution in [0.4, 0.5) is 28.4 Å². The third-order valence-corrected chi connectivity index (χ3v) is 12.6. The summed E-state index contributed by atoms with van der Waals surface area (Å²) < 4.78 is 15.3. The molecule has 0 amide bonds. The van der Waals surface area contributed by atoms with Crippen molar-refractivity contribution in [2.24, 2.45) is 0 Å². The zero-order valence-electron chi connectivity index (χ0n) is 39.6. The number of carbonyl (C=O) groups excluding carboxylic acids is 3. The molecule has 0 heterocycles. The molecule has 21 nitrogen and oxygen atoms in total. The Morgan fingerprint density at radius 3 is 1.36 bits per heavy atom. The predicted molar refractivity (Wildman–Crippen MR) is 259 cm³/mol. The summed E-state index contributed by atoms with van der Waals surface area (Å²) >= 11 is 0. The van der Waals surface area contributed by atoms with Gasteiger partial charge in [-0.3, -0.25) is 54.8 Å². The average Bonchev–Trinajstić information content (AvgIpc) is 4.17. The number of benzene rings is 5. The van der Waals surface area contributed by atoms with Crippen molar-refractivity contribution in [3.05, 3.63) is 187 Å². The molecule has 4 N–H and O–H groups in total. The van der Waals surface area contributed by atoms with E-state index in [4.69, 9.17) is 19.9 Å². The number of ether oxygens (including phenoxy) is 3. The van der Waals surface area contributed by atoms with Gasteiger partial charge in [0, 0.05) is 111 Å². The van der Waals surface area contributed by atoms with Crippen LogP contribution in [0.2, 0.25) is 0 Å². The maximum atomic E-state index is 10.9. The van der Waals surface area contributed by atoms with E-state index in [-0.39, 0.29) is 59.0 Å². The van der Waals surface area contributed by atoms with Gasteiger partial charge < -0.3 is 30.2 Å². The first-order valence-corrected chi connectivity index (χ1v) is 23.0. The highest BCUT2D eigenvalue weighted by molar-refractivity contribution is 5.68. The van der Waals surface area contributed by atoms with Gasteiger partial charge in [0.1, 0.15) is 18.3 Å². The molecule has 0 aromatic heterocycles. The van der Waals surface area contributed by atoms with Crippen molar-refractivity contribution >= 4 is 46.3 Å². The van der Waals surface area contributed by atoms with Gasteiger partial charge >= 0.3 is 17.9 Å². The summed E-state index contributed by atoms with van der Waals surface area (Å²) in [4.78, 5) is 73.7. The second kappa shape index (κ2) is 23.6. The Hall–Kier alpha value is -8.17. The molecular formula is C51H53N5O16. The number of carbonyl (C=O) groups is 3. The van der Waals surface area contributed by atoms with Crippen LogP contribution in [0.3, 0.4) is 0 Å². The molecule has 0 spiro atoms. The molecule has 5 aliphatic rings. The summed E-state index contributed by atoms with van der Waals surface area (Å²) in [5.74, 6) is -0.925. The lowest BCUT2D eigenvalue weighted by Gasteiger charge is -2.11. The van der Waals surface area contributed by atoms with Crippen molar-refractivity contribution in [2.75, 3.05) is 5.73 Å². The van der Waals surface area contributed by atoms with E-state index >= 15 is 0 Å². The van der Waals surface area contributed by atoms with Crippen LogP contribution in [-0.2, 0) is 80.0 Å². The van der Waals surface area contributed by atoms with Gasteiger partial charge in [-0.15, -0.1) is 0 Å². The molecular weight excluding hydrogens is 939 g/mol. The van der Waals surface area contributed by atoms with E-state index in [9.17, 15) is 65.1 Å². The van der Waals surface area contributed by atoms with Gasteiger partial charge in [-0.1, -0.05) is 60.7 Å². The molecule has 10 rings (SSSR count). The first kappa shape index (κ1) is 53.2. The number of nitrogens with zero attached hydrogens (tertiary/aromatic N) is 4. The first-order chi connectivity index (χ1) is 34.2. The van der Waals surface area contributed by atoms with E-state index in [2.05, 4.69) is 0 Å². The fourth-order valence-electron chi connectivity index (χ4n) is 9.70. The van der Waals surface area contributed by atoms with Crippen LogP contribution in [0.1, 0.15) is 101 Å². The third-order valence-electron chi connectivity index (χ3n) is 12.6. The van der Waals surface area contributed by atoms with Crippen molar-refractivity contribution in [2.45, 2.75) is 115 Å². The standard InChI is InChI=1S/2C11H11NO4.C11H13NO2.2C9H9NO3/c1-7(13)16-9-5-8-3-2-4-11(12(14)15)10(8)6-9;1-7(13)16-11-6-5-8-9(11)3-2-4-10(8)12(14)15;1-7(13)14-9-5-8-3-2-4-11(12)10(8)6-9;11-7-4-6-2-1-3-9(10(12)13)8(6)5-7;11-9-5-4-6-7(9)2-1-3-8(6)10(12)13/h2-4,9H,5-6H2,1H3;2-4,11H,5-6H2,1H3;2-4,9H,5-6,12H2,1H3;1-3,7,11H,4-5H2;1-3,9,11H,4-5H2. The Kier molecular flexibility index (Phi) is 17.5. The van der Waals surface area contributed by atoms with Gasteiger partial charge in [0.2, 0.25) is 0 Å². The highest BCUT2D eigenvalue weighted by Crippen LogP contribution is 2.39. The number of esters is 3. The summed E-state index contributed by atoms with van der Waals surface area (Å²) in [6, 6.07) is 25.5. The molecule has 5 atom stereocenters. The maximum absolute atomic E-state index is 10.9. The minimum atomic E-state index is -0.519. The van der Waals surface area contributed by atoms with Crippen LogP contribution in [0, 0.1) is 40.5 Å². The SMILES string of the molecule is CC(=O)OC1CCc2c1cccc2[N+](=O)[O-].CC(=O)OC1Cc2cccc(N)c2C1.CC(=O)OC1Cc2cccc([N+](=O)[O-])c2C1.O=[N+]([O-])c1cccc2c1CC(O)C2.O=[N+]([O-])c1cccc2c1CCC2O. The van der Waals surface area contributed by atoms with Crippen LogP contribution in [0.15, 0.2) is 91.0 Å². The molecule has 0 bridgehead atoms. The van der Waals surface area contributed by atoms with Gasteiger partial charge in [-0.2, -0.15) is 0 Å². The lowest BCUT2D eigenvalue weighted by atomic mass is 10.1. The van der Waals surface area contributed by atoms with Crippen LogP contribution in [0.5, 0.6) is 0 Å². The number of hydrogen-bond acceptors (Lipinski definition) is 17. The van der Waals surface area contributed by atoms with Gasteiger partial charge in [0.15, 0.2) is 0 Å². The van der Waals surface area contributed by atoms with Crippen molar-refractivity contribution < 1.29 is 58.5 Å². The minimum Gasteiger partial charge on any atom is -0.462 e. The molecule has 0 fully saturated rings. The van der Waals surface area contributed by atoms with Gasteiger partial charge in [-0.25, -0.2) is 0 Å². The largest absolute Gasteiger partial charge is 0.462 e. The van der Waals surface area contributed by atoms with E-state index in [0.717, 1.165) is 40.8 Å². The minimum absolute atomic E-state index is 0.0211. The molecule has 0 saturated carbocycles. The lowest BCUT2D eigenvalue weighted by molar-refractivity contribution is -0.385. The van der Waals surface area contributed by atoms with Crippen LogP contribution >= 0.6 is 0 Å². The quantitative estimate of drug-likeness (QED) is 0.0462. The molecule has 5 aliphatic carbocycles. The number of fused-ring (bicyclic) bond motifs is 5. The predicted octanol–water partition coefficient (Wildman–Crippen LogP) is 7.70. The average molecular weight is 992 g/mol. The topological polar surface area (TPSA) is 318 Å². The number of rotatable bonds is 7. The molecule has 0 radical (unpaired) electrons. The lowest BCUT2D eigenvalue weighted by Crippen LogP contribution is -2.16. The van der Waals surface area contributed by atoms with E-state index in [0.29, 0.717) is 79.2 Å². The zero-order valence-corrected chi connectivity index (χ0v) is 39.6. The Balaban J connectivity index is 0.000000147. The second-order valence-corrected chi connectivity index (χ2v) is 17.6. The smallest absolute Gasteiger partial charge is 0.303 e. The molecule has 72 heavy (non-hydrogen) atoms. The Labute approximate surface area is 412 Å². The number of nitrogen functional groups attached to an aromatic ring is 1. The van der Waals surface area contributed by atoms with Gasteiger partial charge in [0.25, 0.3) is 22.7 Å². The Morgan fingerprint density at radius 1 is 0.486 bits per heavy atom. The van der Waals surface area contributed by atoms with Crippen LogP contribution < -0.4 is 5.73 Å². The van der Waals surface area contributed by atoms with E-state index in [1.807, 2.05) is 30.3 Å². The van der Waals surface area contributed by atoms with E-state index < -0.39 is 31.9 Å². The molecule has 5 aromatic carbocycles. The summed E-state index contributed by atoms with van der Waals surface area (Å²) in [5, 5.41) is 61.6. The van der Waals surface area contributed by atoms with Crippen molar-refractivity contribution in [3.8, 4) is 0 Å². The molecule has 378 valence electrons. The van der Waals surface area contributed by atoms with Crippen molar-refractivity contribution in [1.29, 1.82) is 0 Å². The molecule has 5 aromatic rings. The highest BCUT2D eigenvalue weighted by Gasteiger charge is 2.32. The highest BCUT2D eigenvalue weighted by atomic mass is 16.6. The Bertz CT molecular complexity index is 2910. The van der Waals surface area contributed by atoms with Gasteiger partial charge in [-0.05, 0) is 66.0 Å². The van der Waals surface area contributed by atoms with E-state index in [1.54, 1.807) is 36.4 Å². The number of anilines is 1. The number of nitro groups is 4. The normalized spacial score (nSPS) is 18.9. The van der Waals surface area contributed by atoms with E-state index in [1.165, 1.54) is 50.6 Å². The summed E-state index contributed by atoms with van der Waals surface area (Å²) in [6.07, 6.45) is 4.34. The zero-order chi connectivity index (χ0) is 52.4. The number of aliphatic hydroxyl groups excluding tert-OH is 2. The number of nitro benzene ring substituents is 4. The molecule has 5 unspecified atom stereocenters. The summed E-state index contributed by atoms with van der Waals surface area (Å²) in [5.41, 5.74) is 15.5. The molecule has 0 aliphatic heterocycles. The first-order valence-electron chi connectivity index (χ1n) is 23.0. The third kappa shape index (κ3) is 13.2. The number of aliphatic hydroxyl groups is 2. The Morgan fingerprint density at radius 2 is 0.875 bits per heavy atom. The maximum Gasteiger partial charge on any atom is 0.303 e. The summed E-state index contributed by atoms with van der Waals surface area (Å²) in [7, 11) is 0. The van der Waals surface area contributed by atoms with Crippen molar-refractivity contribution in [3.63, 3.8) is 0 Å². The van der Waals surface area contributed by atoms with Crippen LogP contribution in [0.25, 0.3) is 0 Å².